The highest BCUT2D eigenvalue weighted by Crippen LogP contribution is 2.33. The summed E-state index contributed by atoms with van der Waals surface area (Å²) >= 11 is 1.70. The highest BCUT2D eigenvalue weighted by molar-refractivity contribution is 8.01. The summed E-state index contributed by atoms with van der Waals surface area (Å²) in [6, 6.07) is -0.759. The molecule has 0 spiro atoms. The lowest BCUT2D eigenvalue weighted by molar-refractivity contribution is -0.120. The third kappa shape index (κ3) is 4.98. The minimum atomic E-state index is -0.759. The van der Waals surface area contributed by atoms with Crippen LogP contribution in [0.15, 0.2) is 0 Å². The van der Waals surface area contributed by atoms with Crippen molar-refractivity contribution in [3.8, 4) is 0 Å². The molecule has 0 radical (unpaired) electrons. The van der Waals surface area contributed by atoms with Crippen molar-refractivity contribution in [2.75, 3.05) is 0 Å². The average Bonchev–Trinajstić information content (AvgIpc) is 2.25. The molecule has 1 saturated carbocycles. The maximum atomic E-state index is 11.8. The Labute approximate surface area is 107 Å². The number of amides is 3. The van der Waals surface area contributed by atoms with Gasteiger partial charge in [-0.25, -0.2) is 4.79 Å². The fourth-order valence-electron chi connectivity index (χ4n) is 2.12. The van der Waals surface area contributed by atoms with Crippen molar-refractivity contribution >= 4 is 23.7 Å². The number of nitrogens with one attached hydrogen (secondary N) is 1. The van der Waals surface area contributed by atoms with Gasteiger partial charge in [0.15, 0.2) is 0 Å². The number of nitrogens with two attached hydrogens (primary N) is 1. The topological polar surface area (TPSA) is 72.2 Å². The lowest BCUT2D eigenvalue weighted by Crippen LogP contribution is -2.43. The Hall–Kier alpha value is -0.710. The second-order valence-corrected chi connectivity index (χ2v) is 6.36. The summed E-state index contributed by atoms with van der Waals surface area (Å²) in [4.78, 5) is 22.5. The number of urea groups is 1. The Balaban J connectivity index is 2.52. The maximum absolute atomic E-state index is 11.8. The number of imide groups is 1. The van der Waals surface area contributed by atoms with E-state index < -0.39 is 6.03 Å². The van der Waals surface area contributed by atoms with Crippen molar-refractivity contribution in [1.82, 2.24) is 5.32 Å². The Bertz CT molecular complexity index is 276. The zero-order valence-electron chi connectivity index (χ0n) is 10.6. The van der Waals surface area contributed by atoms with Gasteiger partial charge in [0, 0.05) is 5.25 Å². The smallest absolute Gasteiger partial charge is 0.318 e. The van der Waals surface area contributed by atoms with E-state index in [0.29, 0.717) is 5.25 Å². The molecule has 1 rings (SSSR count). The molecule has 0 saturated heterocycles. The molecule has 0 bridgehead atoms. The van der Waals surface area contributed by atoms with E-state index in [1.165, 1.54) is 32.1 Å². The molecule has 1 unspecified atom stereocenters. The minimum Gasteiger partial charge on any atom is -0.351 e. The molecule has 0 heterocycles. The van der Waals surface area contributed by atoms with Crippen LogP contribution in [0.1, 0.15) is 46.0 Å². The van der Waals surface area contributed by atoms with Gasteiger partial charge < -0.3 is 5.73 Å². The molecule has 1 atom stereocenters. The Kier molecular flexibility index (Phi) is 5.82. The van der Waals surface area contributed by atoms with E-state index in [4.69, 9.17) is 5.73 Å². The van der Waals surface area contributed by atoms with Gasteiger partial charge in [-0.15, -0.1) is 11.8 Å². The number of hydrogen-bond acceptors (Lipinski definition) is 3. The number of thioether (sulfide) groups is 1. The first-order valence-corrected chi connectivity index (χ1v) is 7.20. The summed E-state index contributed by atoms with van der Waals surface area (Å²) in [5.74, 6) is -0.0376. The van der Waals surface area contributed by atoms with Crippen LogP contribution in [0.5, 0.6) is 0 Å². The van der Waals surface area contributed by atoms with E-state index in [-0.39, 0.29) is 17.1 Å². The first-order chi connectivity index (χ1) is 8.00. The van der Waals surface area contributed by atoms with E-state index in [1.54, 1.807) is 11.8 Å². The van der Waals surface area contributed by atoms with Crippen molar-refractivity contribution < 1.29 is 9.59 Å². The van der Waals surface area contributed by atoms with Crippen LogP contribution >= 0.6 is 11.8 Å². The highest BCUT2D eigenvalue weighted by atomic mass is 32.2. The lowest BCUT2D eigenvalue weighted by Gasteiger charge is -2.27. The quantitative estimate of drug-likeness (QED) is 0.812. The Morgan fingerprint density at radius 1 is 1.24 bits per heavy atom. The van der Waals surface area contributed by atoms with Crippen molar-refractivity contribution in [2.45, 2.75) is 56.5 Å². The molecule has 0 aromatic rings. The van der Waals surface area contributed by atoms with Crippen molar-refractivity contribution in [1.29, 1.82) is 0 Å². The van der Waals surface area contributed by atoms with Crippen molar-refractivity contribution in [3.63, 3.8) is 0 Å². The number of carbonyl (C=O) groups excluding carboxylic acids is 2. The molecule has 17 heavy (non-hydrogen) atoms. The number of carbonyl (C=O) groups is 2. The molecular formula is C12H22N2O2S. The van der Waals surface area contributed by atoms with E-state index in [2.05, 4.69) is 5.32 Å². The Morgan fingerprint density at radius 3 is 2.29 bits per heavy atom. The van der Waals surface area contributed by atoms with Gasteiger partial charge in [0.2, 0.25) is 5.91 Å². The lowest BCUT2D eigenvalue weighted by atomic mass is 10.0. The van der Waals surface area contributed by atoms with Crippen LogP contribution < -0.4 is 11.1 Å². The normalized spacial score (nSPS) is 19.0. The summed E-state index contributed by atoms with van der Waals surface area (Å²) in [7, 11) is 0. The van der Waals surface area contributed by atoms with Crippen molar-refractivity contribution in [3.05, 3.63) is 0 Å². The SMILES string of the molecule is CC(C)C(SC1CCCCC1)C(=O)NC(N)=O. The van der Waals surface area contributed by atoms with E-state index in [9.17, 15) is 9.59 Å². The summed E-state index contributed by atoms with van der Waals surface area (Å²) < 4.78 is 0. The fraction of sp³-hybridized carbons (Fsp3) is 0.833. The van der Waals surface area contributed by atoms with Crippen LogP contribution in [-0.4, -0.2) is 22.4 Å². The molecule has 4 nitrogen and oxygen atoms in total. The first-order valence-electron chi connectivity index (χ1n) is 6.26. The molecule has 3 amide bonds. The predicted molar refractivity (Wildman–Crippen MR) is 70.8 cm³/mol. The molecular weight excluding hydrogens is 236 g/mol. The van der Waals surface area contributed by atoms with Gasteiger partial charge >= 0.3 is 6.03 Å². The van der Waals surface area contributed by atoms with Crippen LogP contribution in [0.25, 0.3) is 0 Å². The van der Waals surface area contributed by atoms with Gasteiger partial charge in [-0.1, -0.05) is 33.1 Å². The zero-order chi connectivity index (χ0) is 12.8. The number of primary amides is 1. The van der Waals surface area contributed by atoms with Gasteiger partial charge in [0.1, 0.15) is 0 Å². The fourth-order valence-corrected chi connectivity index (χ4v) is 3.64. The summed E-state index contributed by atoms with van der Waals surface area (Å²) in [5, 5.41) is 2.57. The number of hydrogen-bond donors (Lipinski definition) is 2. The monoisotopic (exact) mass is 258 g/mol. The van der Waals surface area contributed by atoms with Gasteiger partial charge in [0.25, 0.3) is 0 Å². The molecule has 1 aliphatic rings. The molecule has 0 aliphatic heterocycles. The van der Waals surface area contributed by atoms with Crippen LogP contribution in [0.4, 0.5) is 4.79 Å². The van der Waals surface area contributed by atoms with Crippen LogP contribution in [-0.2, 0) is 4.79 Å². The van der Waals surface area contributed by atoms with Crippen LogP contribution in [0, 0.1) is 5.92 Å². The van der Waals surface area contributed by atoms with Gasteiger partial charge in [-0.3, -0.25) is 10.1 Å². The second kappa shape index (κ2) is 6.89. The zero-order valence-corrected chi connectivity index (χ0v) is 11.4. The van der Waals surface area contributed by atoms with Gasteiger partial charge in [0.05, 0.1) is 5.25 Å². The predicted octanol–water partition coefficient (Wildman–Crippen LogP) is 2.27. The third-order valence-corrected chi connectivity index (χ3v) is 4.91. The second-order valence-electron chi connectivity index (χ2n) is 4.91. The minimum absolute atomic E-state index is 0.175. The highest BCUT2D eigenvalue weighted by Gasteiger charge is 2.28. The molecule has 1 fully saturated rings. The Morgan fingerprint density at radius 2 is 1.82 bits per heavy atom. The molecule has 98 valence electrons. The van der Waals surface area contributed by atoms with Crippen LogP contribution in [0.2, 0.25) is 0 Å². The molecule has 3 N–H and O–H groups in total. The first kappa shape index (κ1) is 14.4. The van der Waals surface area contributed by atoms with Gasteiger partial charge in [-0.05, 0) is 18.8 Å². The van der Waals surface area contributed by atoms with E-state index in [0.717, 1.165) is 0 Å². The molecule has 0 aromatic carbocycles. The largest absolute Gasteiger partial charge is 0.351 e. The van der Waals surface area contributed by atoms with Crippen molar-refractivity contribution in [2.24, 2.45) is 11.7 Å². The number of rotatable bonds is 4. The van der Waals surface area contributed by atoms with Gasteiger partial charge in [-0.2, -0.15) is 0 Å². The molecule has 0 aromatic heterocycles. The third-order valence-electron chi connectivity index (χ3n) is 3.00. The molecule has 1 aliphatic carbocycles. The summed E-state index contributed by atoms with van der Waals surface area (Å²) in [6.45, 7) is 4.00. The average molecular weight is 258 g/mol. The van der Waals surface area contributed by atoms with E-state index in [1.807, 2.05) is 13.8 Å². The van der Waals surface area contributed by atoms with E-state index >= 15 is 0 Å². The standard InChI is InChI=1S/C12H22N2O2S/c1-8(2)10(11(15)14-12(13)16)17-9-6-4-3-5-7-9/h8-10H,3-7H2,1-2H3,(H3,13,14,15,16). The summed E-state index contributed by atoms with van der Waals surface area (Å²) in [6.07, 6.45) is 6.16. The molecule has 5 heteroatoms. The van der Waals surface area contributed by atoms with Crippen LogP contribution in [0.3, 0.4) is 0 Å². The maximum Gasteiger partial charge on any atom is 0.318 e. The summed E-state index contributed by atoms with van der Waals surface area (Å²) in [5.41, 5.74) is 4.98.